The van der Waals surface area contributed by atoms with Gasteiger partial charge in [-0.05, 0) is 18.2 Å². The van der Waals surface area contributed by atoms with E-state index in [0.29, 0.717) is 16.6 Å². The van der Waals surface area contributed by atoms with Crippen LogP contribution >= 0.6 is 0 Å². The summed E-state index contributed by atoms with van der Waals surface area (Å²) in [6, 6.07) is 4.63. The van der Waals surface area contributed by atoms with Crippen LogP contribution in [0.2, 0.25) is 0 Å². The first-order valence-corrected chi connectivity index (χ1v) is 6.02. The van der Waals surface area contributed by atoms with Gasteiger partial charge in [0, 0.05) is 23.8 Å². The average molecular weight is 285 g/mol. The Labute approximate surface area is 113 Å². The third-order valence-electron chi connectivity index (χ3n) is 2.67. The lowest BCUT2D eigenvalue weighted by Crippen LogP contribution is -2.14. The molecule has 2 aromatic rings. The second-order valence-electron chi connectivity index (χ2n) is 4.11. The van der Waals surface area contributed by atoms with Crippen molar-refractivity contribution in [3.63, 3.8) is 0 Å². The molecule has 0 fully saturated rings. The third kappa shape index (κ3) is 3.30. The van der Waals surface area contributed by atoms with Gasteiger partial charge in [0.25, 0.3) is 6.43 Å². The van der Waals surface area contributed by atoms with Crippen LogP contribution in [0, 0.1) is 5.82 Å². The molecule has 4 nitrogen and oxygen atoms in total. The number of alkyl halides is 2. The fraction of sp³-hybridized carbons (Fsp3) is 0.308. The molecule has 0 spiro atoms. The molecule has 0 aliphatic carbocycles. The van der Waals surface area contributed by atoms with Crippen molar-refractivity contribution in [3.05, 3.63) is 30.2 Å². The number of ether oxygens (including phenoxy) is 1. The van der Waals surface area contributed by atoms with Crippen LogP contribution in [0.25, 0.3) is 10.9 Å². The molecule has 1 heterocycles. The molecular formula is C13H14F3N3O. The number of halogens is 3. The predicted molar refractivity (Wildman–Crippen MR) is 71.4 cm³/mol. The molecule has 0 saturated heterocycles. The van der Waals surface area contributed by atoms with Crippen molar-refractivity contribution in [2.24, 2.45) is 0 Å². The van der Waals surface area contributed by atoms with E-state index in [-0.39, 0.29) is 18.8 Å². The summed E-state index contributed by atoms with van der Waals surface area (Å²) in [5.41, 5.74) is 6.61. The number of nitrogen functional groups attached to an aromatic ring is 1. The van der Waals surface area contributed by atoms with E-state index in [1.165, 1.54) is 12.3 Å². The zero-order valence-electron chi connectivity index (χ0n) is 10.6. The van der Waals surface area contributed by atoms with Gasteiger partial charge < -0.3 is 15.8 Å². The van der Waals surface area contributed by atoms with Crippen LogP contribution in [0.1, 0.15) is 0 Å². The van der Waals surface area contributed by atoms with Crippen molar-refractivity contribution >= 4 is 22.3 Å². The molecule has 0 radical (unpaired) electrons. The van der Waals surface area contributed by atoms with Crippen LogP contribution in [0.15, 0.2) is 24.4 Å². The van der Waals surface area contributed by atoms with Gasteiger partial charge in [-0.3, -0.25) is 4.98 Å². The highest BCUT2D eigenvalue weighted by Gasteiger charge is 2.11. The van der Waals surface area contributed by atoms with Crippen LogP contribution < -0.4 is 11.1 Å². The molecule has 2 rings (SSSR count). The fourth-order valence-corrected chi connectivity index (χ4v) is 1.83. The smallest absolute Gasteiger partial charge is 0.261 e. The van der Waals surface area contributed by atoms with Crippen molar-refractivity contribution in [2.75, 3.05) is 30.8 Å². The van der Waals surface area contributed by atoms with Gasteiger partial charge in [-0.15, -0.1) is 0 Å². The highest BCUT2D eigenvalue weighted by Crippen LogP contribution is 2.29. The molecule has 0 bridgehead atoms. The largest absolute Gasteiger partial charge is 0.398 e. The molecule has 0 aliphatic rings. The van der Waals surface area contributed by atoms with Crippen LogP contribution in [0.3, 0.4) is 0 Å². The quantitative estimate of drug-likeness (QED) is 0.633. The van der Waals surface area contributed by atoms with E-state index in [2.05, 4.69) is 10.3 Å². The van der Waals surface area contributed by atoms with Gasteiger partial charge in [0.05, 0.1) is 17.8 Å². The summed E-state index contributed by atoms with van der Waals surface area (Å²) in [4.78, 5) is 4.09. The zero-order valence-corrected chi connectivity index (χ0v) is 10.6. The lowest BCUT2D eigenvalue weighted by Gasteiger charge is -2.12. The molecule has 20 heavy (non-hydrogen) atoms. The van der Waals surface area contributed by atoms with Crippen molar-refractivity contribution in [1.29, 1.82) is 0 Å². The topological polar surface area (TPSA) is 60.2 Å². The lowest BCUT2D eigenvalue weighted by atomic mass is 10.1. The maximum Gasteiger partial charge on any atom is 0.261 e. The number of hydrogen-bond donors (Lipinski definition) is 2. The Kier molecular flexibility index (Phi) is 4.62. The Balaban J connectivity index is 2.10. The number of anilines is 2. The molecule has 0 atom stereocenters. The van der Waals surface area contributed by atoms with Gasteiger partial charge in [0.2, 0.25) is 0 Å². The number of nitrogens with zero attached hydrogens (tertiary/aromatic N) is 1. The Morgan fingerprint density at radius 1 is 1.40 bits per heavy atom. The van der Waals surface area contributed by atoms with E-state index in [9.17, 15) is 13.2 Å². The first-order chi connectivity index (χ1) is 9.59. The minimum atomic E-state index is -2.51. The highest BCUT2D eigenvalue weighted by molar-refractivity contribution is 5.98. The summed E-state index contributed by atoms with van der Waals surface area (Å²) in [6.07, 6.45) is -0.981. The SMILES string of the molecule is Nc1cc(F)c(NCCOCC(F)F)c2ncccc12. The summed E-state index contributed by atoms with van der Waals surface area (Å²) in [6.45, 7) is -0.396. The van der Waals surface area contributed by atoms with Crippen molar-refractivity contribution in [2.45, 2.75) is 6.43 Å². The highest BCUT2D eigenvalue weighted by atomic mass is 19.3. The number of nitrogens with two attached hydrogens (primary N) is 1. The van der Waals surface area contributed by atoms with E-state index in [0.717, 1.165) is 0 Å². The number of pyridine rings is 1. The minimum absolute atomic E-state index is 0.0441. The maximum atomic E-state index is 13.9. The molecule has 108 valence electrons. The van der Waals surface area contributed by atoms with Crippen molar-refractivity contribution in [1.82, 2.24) is 4.98 Å². The molecule has 3 N–H and O–H groups in total. The van der Waals surface area contributed by atoms with Gasteiger partial charge in [-0.1, -0.05) is 0 Å². The summed E-state index contributed by atoms with van der Waals surface area (Å²) in [5, 5.41) is 3.42. The number of nitrogens with one attached hydrogen (secondary N) is 1. The Bertz CT molecular complexity index is 592. The van der Waals surface area contributed by atoms with E-state index in [1.807, 2.05) is 0 Å². The molecule has 0 amide bonds. The second-order valence-corrected chi connectivity index (χ2v) is 4.11. The van der Waals surface area contributed by atoms with Crippen LogP contribution in [-0.4, -0.2) is 31.2 Å². The molecule has 1 aromatic carbocycles. The Morgan fingerprint density at radius 3 is 2.95 bits per heavy atom. The van der Waals surface area contributed by atoms with Gasteiger partial charge in [0.15, 0.2) is 5.82 Å². The van der Waals surface area contributed by atoms with Gasteiger partial charge >= 0.3 is 0 Å². The Hall–Kier alpha value is -2.02. The van der Waals surface area contributed by atoms with E-state index >= 15 is 0 Å². The van der Waals surface area contributed by atoms with E-state index in [4.69, 9.17) is 10.5 Å². The molecule has 1 aromatic heterocycles. The Morgan fingerprint density at radius 2 is 2.20 bits per heavy atom. The number of benzene rings is 1. The molecule has 0 saturated carbocycles. The van der Waals surface area contributed by atoms with E-state index < -0.39 is 18.8 Å². The molecule has 0 aliphatic heterocycles. The number of rotatable bonds is 6. The summed E-state index contributed by atoms with van der Waals surface area (Å²) >= 11 is 0. The van der Waals surface area contributed by atoms with Gasteiger partial charge in [-0.25, -0.2) is 13.2 Å². The normalized spacial score (nSPS) is 11.2. The summed E-state index contributed by atoms with van der Waals surface area (Å²) in [5.74, 6) is -0.539. The van der Waals surface area contributed by atoms with Gasteiger partial charge in [0.1, 0.15) is 6.61 Å². The van der Waals surface area contributed by atoms with Crippen molar-refractivity contribution < 1.29 is 17.9 Å². The average Bonchev–Trinajstić information content (AvgIpc) is 2.41. The van der Waals surface area contributed by atoms with Gasteiger partial charge in [-0.2, -0.15) is 0 Å². The minimum Gasteiger partial charge on any atom is -0.398 e. The lowest BCUT2D eigenvalue weighted by molar-refractivity contribution is 0.0215. The molecule has 7 heteroatoms. The second kappa shape index (κ2) is 6.42. The van der Waals surface area contributed by atoms with Crippen LogP contribution in [0.4, 0.5) is 24.5 Å². The maximum absolute atomic E-state index is 13.9. The van der Waals surface area contributed by atoms with Crippen LogP contribution in [0.5, 0.6) is 0 Å². The fourth-order valence-electron chi connectivity index (χ4n) is 1.83. The molecular weight excluding hydrogens is 271 g/mol. The monoisotopic (exact) mass is 285 g/mol. The molecule has 0 unspecified atom stereocenters. The van der Waals surface area contributed by atoms with Crippen molar-refractivity contribution in [3.8, 4) is 0 Å². The van der Waals surface area contributed by atoms with E-state index in [1.54, 1.807) is 12.1 Å². The number of aromatic nitrogens is 1. The summed E-state index contributed by atoms with van der Waals surface area (Å²) < 4.78 is 42.3. The number of fused-ring (bicyclic) bond motifs is 1. The number of hydrogen-bond acceptors (Lipinski definition) is 4. The zero-order chi connectivity index (χ0) is 14.5. The standard InChI is InChI=1S/C13H14F3N3O/c14-9-6-10(17)8-2-1-3-18-12(8)13(9)19-4-5-20-7-11(15)16/h1-3,6,11,19H,4-5,7,17H2. The first-order valence-electron chi connectivity index (χ1n) is 6.02. The van der Waals surface area contributed by atoms with Crippen LogP contribution in [-0.2, 0) is 4.74 Å². The predicted octanol–water partition coefficient (Wildman–Crippen LogP) is 2.65. The summed E-state index contributed by atoms with van der Waals surface area (Å²) in [7, 11) is 0. The third-order valence-corrected chi connectivity index (χ3v) is 2.67. The first kappa shape index (κ1) is 14.4.